The highest BCUT2D eigenvalue weighted by atomic mass is 16.7. The van der Waals surface area contributed by atoms with Gasteiger partial charge >= 0.3 is 17.7 Å². The summed E-state index contributed by atoms with van der Waals surface area (Å²) in [6.07, 6.45) is 0. The van der Waals surface area contributed by atoms with Gasteiger partial charge in [0.05, 0.1) is 18.3 Å². The van der Waals surface area contributed by atoms with E-state index in [1.54, 1.807) is 0 Å². The summed E-state index contributed by atoms with van der Waals surface area (Å²) in [4.78, 5) is 24.5. The van der Waals surface area contributed by atoms with Gasteiger partial charge in [0.25, 0.3) is 0 Å². The molecule has 1 aliphatic heterocycles. The fourth-order valence-electron chi connectivity index (χ4n) is 2.65. The number of aromatic hydroxyl groups is 2. The third-order valence-corrected chi connectivity index (χ3v) is 3.81. The van der Waals surface area contributed by atoms with Crippen LogP contribution in [0.5, 0.6) is 11.5 Å². The maximum Gasteiger partial charge on any atom is 0.384 e. The Morgan fingerprint density at radius 1 is 0.960 bits per heavy atom. The van der Waals surface area contributed by atoms with E-state index in [0.29, 0.717) is 11.1 Å². The van der Waals surface area contributed by atoms with Crippen LogP contribution in [-0.4, -0.2) is 40.2 Å². The maximum atomic E-state index is 12.4. The molecular formula is C18H14O7. The standard InChI is InChI=1S/C18H14O7/c1-24-17(22)18(23)15(11-4-8-13(20)9-5-11)14(16(21)25-18)10-2-6-12(19)7-3-10/h2-9,19-20,23H,1H3. The monoisotopic (exact) mass is 342 g/mol. The van der Waals surface area contributed by atoms with Crippen LogP contribution >= 0.6 is 0 Å². The lowest BCUT2D eigenvalue weighted by atomic mass is 9.91. The van der Waals surface area contributed by atoms with Crippen molar-refractivity contribution >= 4 is 23.1 Å². The van der Waals surface area contributed by atoms with Gasteiger partial charge < -0.3 is 24.8 Å². The van der Waals surface area contributed by atoms with Crippen LogP contribution in [0.4, 0.5) is 0 Å². The number of phenols is 2. The van der Waals surface area contributed by atoms with Crippen molar-refractivity contribution in [2.75, 3.05) is 7.11 Å². The molecule has 0 bridgehead atoms. The molecule has 3 N–H and O–H groups in total. The molecule has 2 aromatic carbocycles. The van der Waals surface area contributed by atoms with E-state index in [9.17, 15) is 24.9 Å². The van der Waals surface area contributed by atoms with E-state index in [4.69, 9.17) is 4.74 Å². The number of methoxy groups -OCH3 is 1. The lowest BCUT2D eigenvalue weighted by Crippen LogP contribution is -2.41. The molecule has 0 fully saturated rings. The Kier molecular flexibility index (Phi) is 3.94. The van der Waals surface area contributed by atoms with Crippen molar-refractivity contribution in [3.8, 4) is 11.5 Å². The number of hydrogen-bond acceptors (Lipinski definition) is 7. The van der Waals surface area contributed by atoms with E-state index in [1.165, 1.54) is 48.5 Å². The Bertz CT molecular complexity index is 865. The fourth-order valence-corrected chi connectivity index (χ4v) is 2.65. The molecule has 0 spiro atoms. The van der Waals surface area contributed by atoms with E-state index in [1.807, 2.05) is 0 Å². The first kappa shape index (κ1) is 16.5. The lowest BCUT2D eigenvalue weighted by molar-refractivity contribution is -0.200. The second-order valence-corrected chi connectivity index (χ2v) is 5.37. The molecule has 1 atom stereocenters. The van der Waals surface area contributed by atoms with E-state index in [2.05, 4.69) is 4.74 Å². The van der Waals surface area contributed by atoms with Gasteiger partial charge in [-0.3, -0.25) is 0 Å². The molecule has 7 nitrogen and oxygen atoms in total. The van der Waals surface area contributed by atoms with Gasteiger partial charge in [0.1, 0.15) is 11.5 Å². The van der Waals surface area contributed by atoms with Gasteiger partial charge in [0, 0.05) is 0 Å². The SMILES string of the molecule is COC(=O)C1(O)OC(=O)C(c2ccc(O)cc2)=C1c1ccc(O)cc1. The Hall–Kier alpha value is -3.32. The summed E-state index contributed by atoms with van der Waals surface area (Å²) >= 11 is 0. The van der Waals surface area contributed by atoms with E-state index in [0.717, 1.165) is 7.11 Å². The van der Waals surface area contributed by atoms with Crippen molar-refractivity contribution < 1.29 is 34.4 Å². The number of benzene rings is 2. The van der Waals surface area contributed by atoms with Crippen molar-refractivity contribution in [1.29, 1.82) is 0 Å². The molecule has 0 saturated heterocycles. The minimum absolute atomic E-state index is 0.00914. The van der Waals surface area contributed by atoms with Crippen molar-refractivity contribution in [2.24, 2.45) is 0 Å². The zero-order valence-electron chi connectivity index (χ0n) is 13.1. The Morgan fingerprint density at radius 3 is 1.92 bits per heavy atom. The third-order valence-electron chi connectivity index (χ3n) is 3.81. The first-order valence-corrected chi connectivity index (χ1v) is 7.24. The normalized spacial score (nSPS) is 19.7. The largest absolute Gasteiger partial charge is 0.508 e. The molecule has 25 heavy (non-hydrogen) atoms. The molecule has 1 unspecified atom stereocenters. The number of aliphatic hydroxyl groups is 1. The summed E-state index contributed by atoms with van der Waals surface area (Å²) in [6, 6.07) is 11.2. The maximum absolute atomic E-state index is 12.4. The summed E-state index contributed by atoms with van der Waals surface area (Å²) in [6.45, 7) is 0. The minimum atomic E-state index is -2.62. The molecule has 128 valence electrons. The van der Waals surface area contributed by atoms with E-state index < -0.39 is 17.7 Å². The highest BCUT2D eigenvalue weighted by Gasteiger charge is 2.54. The molecule has 0 amide bonds. The summed E-state index contributed by atoms with van der Waals surface area (Å²) in [5.74, 6) is -4.72. The third kappa shape index (κ3) is 2.70. The second-order valence-electron chi connectivity index (χ2n) is 5.37. The number of rotatable bonds is 3. The van der Waals surface area contributed by atoms with Crippen LogP contribution < -0.4 is 0 Å². The summed E-state index contributed by atoms with van der Waals surface area (Å²) in [5, 5.41) is 29.6. The molecule has 3 rings (SSSR count). The molecule has 0 aromatic heterocycles. The van der Waals surface area contributed by atoms with Gasteiger partial charge in [-0.15, -0.1) is 0 Å². The van der Waals surface area contributed by atoms with Gasteiger partial charge in [-0.25, -0.2) is 9.59 Å². The van der Waals surface area contributed by atoms with Crippen LogP contribution in [0.15, 0.2) is 48.5 Å². The number of phenolic OH excluding ortho intramolecular Hbond substituents is 2. The van der Waals surface area contributed by atoms with Crippen molar-refractivity contribution in [1.82, 2.24) is 0 Å². The molecule has 0 saturated carbocycles. The van der Waals surface area contributed by atoms with Crippen LogP contribution in [0, 0.1) is 0 Å². The van der Waals surface area contributed by atoms with Crippen molar-refractivity contribution in [2.45, 2.75) is 5.79 Å². The summed E-state index contributed by atoms with van der Waals surface area (Å²) < 4.78 is 9.51. The Morgan fingerprint density at radius 2 is 1.44 bits per heavy atom. The summed E-state index contributed by atoms with van der Waals surface area (Å²) in [7, 11) is 1.06. The number of carbonyl (C=O) groups excluding carboxylic acids is 2. The van der Waals surface area contributed by atoms with E-state index >= 15 is 0 Å². The van der Waals surface area contributed by atoms with Crippen molar-refractivity contribution in [3.63, 3.8) is 0 Å². The lowest BCUT2D eigenvalue weighted by Gasteiger charge is -2.22. The molecule has 1 aliphatic rings. The molecule has 2 aromatic rings. The van der Waals surface area contributed by atoms with Crippen LogP contribution in [0.2, 0.25) is 0 Å². The number of ether oxygens (including phenoxy) is 2. The van der Waals surface area contributed by atoms with Crippen LogP contribution in [0.3, 0.4) is 0 Å². The van der Waals surface area contributed by atoms with E-state index in [-0.39, 0.29) is 22.6 Å². The Labute approximate surface area is 142 Å². The zero-order chi connectivity index (χ0) is 18.2. The van der Waals surface area contributed by atoms with Crippen LogP contribution in [0.1, 0.15) is 11.1 Å². The number of hydrogen-bond donors (Lipinski definition) is 3. The topological polar surface area (TPSA) is 113 Å². The molecule has 1 heterocycles. The van der Waals surface area contributed by atoms with Crippen LogP contribution in [-0.2, 0) is 19.1 Å². The second kappa shape index (κ2) is 5.95. The highest BCUT2D eigenvalue weighted by molar-refractivity contribution is 6.31. The van der Waals surface area contributed by atoms with Gasteiger partial charge in [-0.1, -0.05) is 24.3 Å². The highest BCUT2D eigenvalue weighted by Crippen LogP contribution is 2.43. The zero-order valence-corrected chi connectivity index (χ0v) is 13.1. The molecule has 0 aliphatic carbocycles. The average molecular weight is 342 g/mol. The van der Waals surface area contributed by atoms with Crippen LogP contribution in [0.25, 0.3) is 11.1 Å². The Balaban J connectivity index is 2.29. The minimum Gasteiger partial charge on any atom is -0.508 e. The molecule has 0 radical (unpaired) electrons. The average Bonchev–Trinajstić information content (AvgIpc) is 2.87. The predicted molar refractivity (Wildman–Crippen MR) is 86.1 cm³/mol. The van der Waals surface area contributed by atoms with Gasteiger partial charge in [0.15, 0.2) is 0 Å². The summed E-state index contributed by atoms with van der Waals surface area (Å²) in [5.41, 5.74) is 0.485. The smallest absolute Gasteiger partial charge is 0.384 e. The quantitative estimate of drug-likeness (QED) is 0.723. The first-order valence-electron chi connectivity index (χ1n) is 7.24. The van der Waals surface area contributed by atoms with Crippen molar-refractivity contribution in [3.05, 3.63) is 59.7 Å². The number of cyclic esters (lactones) is 1. The van der Waals surface area contributed by atoms with Gasteiger partial charge in [-0.2, -0.15) is 0 Å². The number of carbonyl (C=O) groups is 2. The van der Waals surface area contributed by atoms with Gasteiger partial charge in [-0.05, 0) is 35.4 Å². The molecule has 7 heteroatoms. The fraction of sp³-hybridized carbons (Fsp3) is 0.111. The molecular weight excluding hydrogens is 328 g/mol. The first-order chi connectivity index (χ1) is 11.9. The number of esters is 2. The van der Waals surface area contributed by atoms with Gasteiger partial charge in [0.2, 0.25) is 0 Å². The predicted octanol–water partition coefficient (Wildman–Crippen LogP) is 1.43.